The molecule has 26 heavy (non-hydrogen) atoms. The van der Waals surface area contributed by atoms with Crippen molar-refractivity contribution in [2.75, 3.05) is 5.43 Å². The summed E-state index contributed by atoms with van der Waals surface area (Å²) < 4.78 is 0. The Hall–Kier alpha value is -2.96. The molecule has 0 fully saturated rings. The highest BCUT2D eigenvalue weighted by Gasteiger charge is 2.12. The van der Waals surface area contributed by atoms with Crippen LogP contribution >= 0.6 is 22.9 Å². The predicted molar refractivity (Wildman–Crippen MR) is 107 cm³/mol. The van der Waals surface area contributed by atoms with Crippen molar-refractivity contribution in [1.29, 1.82) is 0 Å². The molecule has 0 unspecified atom stereocenters. The lowest BCUT2D eigenvalue weighted by atomic mass is 10.1. The Bertz CT molecular complexity index is 1090. The normalized spacial score (nSPS) is 11.3. The number of phenolic OH excluding ortho intramolecular Hbond substituents is 1. The molecule has 2 aromatic carbocycles. The molecular formula is C19H13ClN4OS. The molecule has 4 rings (SSSR count). The number of rotatable bonds is 4. The molecule has 2 N–H and O–H groups in total. The molecule has 7 heteroatoms. The second kappa shape index (κ2) is 7.11. The predicted octanol–water partition coefficient (Wildman–Crippen LogP) is 5.16. The van der Waals surface area contributed by atoms with Crippen molar-refractivity contribution < 1.29 is 5.11 Å². The van der Waals surface area contributed by atoms with E-state index >= 15 is 0 Å². The molecule has 0 radical (unpaired) electrons. The van der Waals surface area contributed by atoms with Gasteiger partial charge in [0, 0.05) is 16.0 Å². The van der Waals surface area contributed by atoms with Crippen LogP contribution in [-0.2, 0) is 0 Å². The van der Waals surface area contributed by atoms with E-state index in [-0.39, 0.29) is 5.75 Å². The Morgan fingerprint density at radius 3 is 2.77 bits per heavy atom. The minimum absolute atomic E-state index is 0.196. The maximum absolute atomic E-state index is 9.51. The number of benzene rings is 2. The number of nitrogens with one attached hydrogen (secondary N) is 1. The molecular weight excluding hydrogens is 368 g/mol. The van der Waals surface area contributed by atoms with Crippen molar-refractivity contribution in [2.24, 2.45) is 5.10 Å². The molecule has 0 saturated heterocycles. The summed E-state index contributed by atoms with van der Waals surface area (Å²) in [5.41, 5.74) is 5.83. The molecule has 0 aliphatic heterocycles. The fourth-order valence-electron chi connectivity index (χ4n) is 2.57. The third-order valence-electron chi connectivity index (χ3n) is 3.78. The Labute approximate surface area is 158 Å². The minimum Gasteiger partial charge on any atom is -0.508 e. The van der Waals surface area contributed by atoms with Crippen molar-refractivity contribution in [1.82, 2.24) is 9.97 Å². The number of nitrogens with zero attached hydrogens (tertiary/aromatic N) is 3. The van der Waals surface area contributed by atoms with Crippen LogP contribution in [0.4, 0.5) is 5.82 Å². The zero-order chi connectivity index (χ0) is 17.9. The van der Waals surface area contributed by atoms with Crippen LogP contribution in [0.2, 0.25) is 5.02 Å². The quantitative estimate of drug-likeness (QED) is 0.379. The summed E-state index contributed by atoms with van der Waals surface area (Å²) in [4.78, 5) is 9.54. The lowest BCUT2D eigenvalue weighted by molar-refractivity contribution is 0.475. The van der Waals surface area contributed by atoms with Gasteiger partial charge >= 0.3 is 0 Å². The summed E-state index contributed by atoms with van der Waals surface area (Å²) >= 11 is 7.54. The smallest absolute Gasteiger partial charge is 0.159 e. The molecule has 0 aliphatic carbocycles. The van der Waals surface area contributed by atoms with E-state index in [0.29, 0.717) is 10.8 Å². The van der Waals surface area contributed by atoms with Gasteiger partial charge in [-0.25, -0.2) is 9.97 Å². The number of thiophene rings is 1. The van der Waals surface area contributed by atoms with E-state index in [1.54, 1.807) is 35.8 Å². The first-order valence-corrected chi connectivity index (χ1v) is 9.03. The van der Waals surface area contributed by atoms with Crippen LogP contribution in [-0.4, -0.2) is 21.3 Å². The van der Waals surface area contributed by atoms with Gasteiger partial charge in [-0.2, -0.15) is 5.10 Å². The zero-order valence-electron chi connectivity index (χ0n) is 13.4. The monoisotopic (exact) mass is 380 g/mol. The van der Waals surface area contributed by atoms with Gasteiger partial charge in [-0.3, -0.25) is 5.43 Å². The average Bonchev–Trinajstić information content (AvgIpc) is 3.07. The van der Waals surface area contributed by atoms with Crippen LogP contribution in [0.3, 0.4) is 0 Å². The first kappa shape index (κ1) is 16.5. The molecule has 0 spiro atoms. The molecule has 4 aromatic rings. The van der Waals surface area contributed by atoms with Crippen LogP contribution in [0.1, 0.15) is 5.56 Å². The highest BCUT2D eigenvalue weighted by molar-refractivity contribution is 7.17. The molecule has 2 heterocycles. The van der Waals surface area contributed by atoms with Crippen molar-refractivity contribution in [2.45, 2.75) is 0 Å². The summed E-state index contributed by atoms with van der Waals surface area (Å²) in [6.07, 6.45) is 3.14. The van der Waals surface area contributed by atoms with Gasteiger partial charge in [-0.1, -0.05) is 35.9 Å². The Morgan fingerprint density at radius 2 is 1.96 bits per heavy atom. The van der Waals surface area contributed by atoms with Gasteiger partial charge < -0.3 is 5.11 Å². The third-order valence-corrected chi connectivity index (χ3v) is 4.92. The molecule has 0 bridgehead atoms. The van der Waals surface area contributed by atoms with Crippen LogP contribution < -0.4 is 5.43 Å². The summed E-state index contributed by atoms with van der Waals surface area (Å²) in [5.74, 6) is 0.818. The average molecular weight is 381 g/mol. The molecule has 128 valence electrons. The van der Waals surface area contributed by atoms with E-state index in [1.807, 2.05) is 35.7 Å². The van der Waals surface area contributed by atoms with Crippen molar-refractivity contribution in [3.05, 3.63) is 70.8 Å². The Kier molecular flexibility index (Phi) is 4.51. The molecule has 0 saturated carbocycles. The fraction of sp³-hybridized carbons (Fsp3) is 0. The molecule has 0 atom stereocenters. The summed E-state index contributed by atoms with van der Waals surface area (Å²) in [7, 11) is 0. The van der Waals surface area contributed by atoms with E-state index in [9.17, 15) is 5.11 Å². The molecule has 2 aromatic heterocycles. The lowest BCUT2D eigenvalue weighted by Gasteiger charge is -2.05. The van der Waals surface area contributed by atoms with Crippen molar-refractivity contribution in [3.63, 3.8) is 0 Å². The lowest BCUT2D eigenvalue weighted by Crippen LogP contribution is -1.95. The van der Waals surface area contributed by atoms with E-state index < -0.39 is 0 Å². The minimum atomic E-state index is 0.196. The van der Waals surface area contributed by atoms with Gasteiger partial charge in [0.25, 0.3) is 0 Å². The van der Waals surface area contributed by atoms with Crippen molar-refractivity contribution in [3.8, 4) is 16.9 Å². The number of hydrazone groups is 1. The second-order valence-corrected chi connectivity index (χ2v) is 6.82. The molecule has 0 aliphatic rings. The Morgan fingerprint density at radius 1 is 1.12 bits per heavy atom. The number of hydrogen-bond donors (Lipinski definition) is 2. The van der Waals surface area contributed by atoms with Crippen LogP contribution in [0.15, 0.2) is 65.3 Å². The SMILES string of the molecule is Oc1cccc(/C=N/Nc2ncnc3scc(-c4ccc(Cl)cc4)c23)c1. The summed E-state index contributed by atoms with van der Waals surface area (Å²) in [5, 5.41) is 17.4. The first-order chi connectivity index (χ1) is 12.7. The van der Waals surface area contributed by atoms with E-state index in [1.165, 1.54) is 6.33 Å². The van der Waals surface area contributed by atoms with Crippen LogP contribution in [0.5, 0.6) is 5.75 Å². The van der Waals surface area contributed by atoms with E-state index in [2.05, 4.69) is 20.5 Å². The molecule has 5 nitrogen and oxygen atoms in total. The highest BCUT2D eigenvalue weighted by Crippen LogP contribution is 2.36. The third kappa shape index (κ3) is 3.37. The highest BCUT2D eigenvalue weighted by atomic mass is 35.5. The summed E-state index contributed by atoms with van der Waals surface area (Å²) in [6, 6.07) is 14.5. The summed E-state index contributed by atoms with van der Waals surface area (Å²) in [6.45, 7) is 0. The van der Waals surface area contributed by atoms with Gasteiger partial charge in [0.1, 0.15) is 16.9 Å². The number of halogens is 1. The number of hydrogen-bond acceptors (Lipinski definition) is 6. The fourth-order valence-corrected chi connectivity index (χ4v) is 3.62. The van der Waals surface area contributed by atoms with Gasteiger partial charge in [0.2, 0.25) is 0 Å². The molecule has 0 amide bonds. The number of phenols is 1. The van der Waals surface area contributed by atoms with Gasteiger partial charge in [-0.05, 0) is 35.4 Å². The maximum Gasteiger partial charge on any atom is 0.159 e. The first-order valence-electron chi connectivity index (χ1n) is 7.77. The van der Waals surface area contributed by atoms with Gasteiger partial charge in [0.15, 0.2) is 5.82 Å². The zero-order valence-corrected chi connectivity index (χ0v) is 15.0. The van der Waals surface area contributed by atoms with Gasteiger partial charge in [0.05, 0.1) is 11.6 Å². The number of aromatic nitrogens is 2. The Balaban J connectivity index is 1.69. The second-order valence-electron chi connectivity index (χ2n) is 5.52. The largest absolute Gasteiger partial charge is 0.508 e. The number of fused-ring (bicyclic) bond motifs is 1. The number of aromatic hydroxyl groups is 1. The van der Waals surface area contributed by atoms with E-state index in [0.717, 1.165) is 26.9 Å². The topological polar surface area (TPSA) is 70.4 Å². The van der Waals surface area contributed by atoms with Crippen LogP contribution in [0, 0.1) is 0 Å². The number of anilines is 1. The maximum atomic E-state index is 9.51. The van der Waals surface area contributed by atoms with Gasteiger partial charge in [-0.15, -0.1) is 11.3 Å². The standard InChI is InChI=1S/C19H13ClN4OS/c20-14-6-4-13(5-7-14)16-10-26-19-17(16)18(21-11-22-19)24-23-9-12-2-1-3-15(25)8-12/h1-11,25H,(H,21,22,24)/b23-9+. The van der Waals surface area contributed by atoms with E-state index in [4.69, 9.17) is 11.6 Å². The van der Waals surface area contributed by atoms with Crippen LogP contribution in [0.25, 0.3) is 21.3 Å². The van der Waals surface area contributed by atoms with Crippen molar-refractivity contribution >= 4 is 45.2 Å².